The zero-order valence-electron chi connectivity index (χ0n) is 26.1. The van der Waals surface area contributed by atoms with Gasteiger partial charge in [0.05, 0.1) is 16.8 Å². The molecule has 10 heteroatoms. The van der Waals surface area contributed by atoms with Crippen LogP contribution in [0.5, 0.6) is 0 Å². The third kappa shape index (κ3) is 7.30. The number of likely N-dealkylation sites (tertiary alicyclic amines) is 1. The van der Waals surface area contributed by atoms with E-state index in [0.29, 0.717) is 36.8 Å². The molecule has 3 aromatic heterocycles. The van der Waals surface area contributed by atoms with E-state index >= 15 is 0 Å². The van der Waals surface area contributed by atoms with Gasteiger partial charge < -0.3 is 20.4 Å². The maximum Gasteiger partial charge on any atom is 0.253 e. The number of fused-ring (bicyclic) bond motifs is 1. The van der Waals surface area contributed by atoms with E-state index in [1.54, 1.807) is 36.5 Å². The molecule has 4 heterocycles. The van der Waals surface area contributed by atoms with Gasteiger partial charge in [-0.1, -0.05) is 42.5 Å². The number of rotatable bonds is 9. The molecule has 1 aliphatic heterocycles. The van der Waals surface area contributed by atoms with E-state index in [-0.39, 0.29) is 17.9 Å². The molecule has 234 valence electrons. The summed E-state index contributed by atoms with van der Waals surface area (Å²) in [6.45, 7) is 1.89. The molecule has 6 rings (SSSR count). The molecular weight excluding hydrogens is 576 g/mol. The Balaban J connectivity index is 1.16. The van der Waals surface area contributed by atoms with Crippen molar-refractivity contribution in [3.05, 3.63) is 109 Å². The molecular formula is C36H38N8O2. The smallest absolute Gasteiger partial charge is 0.253 e. The predicted molar refractivity (Wildman–Crippen MR) is 182 cm³/mol. The van der Waals surface area contributed by atoms with E-state index in [2.05, 4.69) is 27.8 Å². The van der Waals surface area contributed by atoms with Gasteiger partial charge in [-0.3, -0.25) is 9.59 Å². The van der Waals surface area contributed by atoms with Gasteiger partial charge in [-0.05, 0) is 75.8 Å². The largest absolute Gasteiger partial charge is 0.350 e. The Morgan fingerprint density at radius 1 is 0.978 bits per heavy atom. The highest BCUT2D eigenvalue weighted by Crippen LogP contribution is 2.34. The van der Waals surface area contributed by atoms with Crippen molar-refractivity contribution in [3.8, 4) is 22.5 Å². The number of hydrogen-bond donors (Lipinski definition) is 2. The first-order valence-electron chi connectivity index (χ1n) is 15.6. The van der Waals surface area contributed by atoms with E-state index in [9.17, 15) is 9.59 Å². The van der Waals surface area contributed by atoms with Crippen molar-refractivity contribution in [2.75, 3.05) is 44.4 Å². The summed E-state index contributed by atoms with van der Waals surface area (Å²) in [5, 5.41) is 11.2. The lowest BCUT2D eigenvalue weighted by Gasteiger charge is -2.25. The molecule has 0 spiro atoms. The molecule has 0 aliphatic carbocycles. The van der Waals surface area contributed by atoms with E-state index in [4.69, 9.17) is 10.1 Å². The van der Waals surface area contributed by atoms with Gasteiger partial charge in [0, 0.05) is 61.0 Å². The van der Waals surface area contributed by atoms with Crippen LogP contribution in [-0.2, 0) is 4.79 Å². The van der Waals surface area contributed by atoms with Gasteiger partial charge >= 0.3 is 0 Å². The molecule has 2 N–H and O–H groups in total. The van der Waals surface area contributed by atoms with Crippen molar-refractivity contribution < 1.29 is 9.59 Å². The fourth-order valence-corrected chi connectivity index (χ4v) is 5.68. The third-order valence-electron chi connectivity index (χ3n) is 7.93. The monoisotopic (exact) mass is 614 g/mol. The standard InChI is InChI=1S/C36H38N8O2/c1-42(2)22-10-15-32(45)38-28-18-16-27(17-19-28)35(46)43-23-8-6-13-29(25-43)39-36-37-21-20-30(40-36)33-31-14-7-9-24-44(31)41-34(33)26-11-4-3-5-12-26/h3-5,7,9-12,14-21,24,29H,6,8,13,22-23,25H2,1-2H3,(H,38,45)(H,37,39,40)/b15-10+/t29-/m0/s1. The maximum absolute atomic E-state index is 13.5. The molecule has 1 atom stereocenters. The molecule has 1 saturated heterocycles. The predicted octanol–water partition coefficient (Wildman–Crippen LogP) is 5.62. The van der Waals surface area contributed by atoms with Crippen LogP contribution in [0.1, 0.15) is 29.6 Å². The fraction of sp³-hybridized carbons (Fsp3) is 0.250. The molecule has 0 radical (unpaired) electrons. The van der Waals surface area contributed by atoms with Crippen molar-refractivity contribution in [1.29, 1.82) is 0 Å². The number of anilines is 2. The number of carbonyl (C=O) groups excluding carboxylic acids is 2. The first-order valence-corrected chi connectivity index (χ1v) is 15.6. The van der Waals surface area contributed by atoms with Crippen molar-refractivity contribution in [2.24, 2.45) is 0 Å². The third-order valence-corrected chi connectivity index (χ3v) is 7.93. The van der Waals surface area contributed by atoms with E-state index in [0.717, 1.165) is 47.3 Å². The number of benzene rings is 2. The topological polar surface area (TPSA) is 108 Å². The number of pyridine rings is 1. The van der Waals surface area contributed by atoms with Crippen LogP contribution in [0.15, 0.2) is 103 Å². The number of amides is 2. The molecule has 2 aromatic carbocycles. The van der Waals surface area contributed by atoms with Crippen LogP contribution < -0.4 is 10.6 Å². The number of hydrogen-bond acceptors (Lipinski definition) is 7. The zero-order valence-corrected chi connectivity index (χ0v) is 26.1. The maximum atomic E-state index is 13.5. The van der Waals surface area contributed by atoms with Gasteiger partial charge in [-0.2, -0.15) is 5.10 Å². The summed E-state index contributed by atoms with van der Waals surface area (Å²) in [7, 11) is 3.88. The highest BCUT2D eigenvalue weighted by Gasteiger charge is 2.24. The molecule has 1 aliphatic rings. The van der Waals surface area contributed by atoms with Crippen LogP contribution in [0, 0.1) is 0 Å². The Morgan fingerprint density at radius 2 is 1.78 bits per heavy atom. The second kappa shape index (κ2) is 14.2. The number of nitrogens with one attached hydrogen (secondary N) is 2. The minimum atomic E-state index is -0.202. The van der Waals surface area contributed by atoms with Crippen molar-refractivity contribution in [2.45, 2.75) is 25.3 Å². The lowest BCUT2D eigenvalue weighted by atomic mass is 10.0. The lowest BCUT2D eigenvalue weighted by Crippen LogP contribution is -2.39. The number of aromatic nitrogens is 4. The van der Waals surface area contributed by atoms with Crippen LogP contribution in [-0.4, -0.2) is 81.0 Å². The minimum absolute atomic E-state index is 0.00767. The summed E-state index contributed by atoms with van der Waals surface area (Å²) in [6, 6.07) is 25.1. The average Bonchev–Trinajstić information content (AvgIpc) is 3.31. The molecule has 0 bridgehead atoms. The van der Waals surface area contributed by atoms with Crippen molar-refractivity contribution in [1.82, 2.24) is 29.4 Å². The van der Waals surface area contributed by atoms with Crippen LogP contribution in [0.2, 0.25) is 0 Å². The Labute approximate surface area is 268 Å². The second-order valence-corrected chi connectivity index (χ2v) is 11.7. The van der Waals surface area contributed by atoms with Gasteiger partial charge in [-0.25, -0.2) is 14.5 Å². The van der Waals surface area contributed by atoms with Crippen molar-refractivity contribution >= 4 is 29.0 Å². The van der Waals surface area contributed by atoms with E-state index in [1.165, 1.54) is 6.08 Å². The lowest BCUT2D eigenvalue weighted by molar-refractivity contribution is -0.111. The molecule has 46 heavy (non-hydrogen) atoms. The van der Waals surface area contributed by atoms with Crippen LogP contribution >= 0.6 is 0 Å². The Hall–Kier alpha value is -5.35. The molecule has 0 saturated carbocycles. The van der Waals surface area contributed by atoms with Crippen LogP contribution in [0.3, 0.4) is 0 Å². The Kier molecular flexibility index (Phi) is 9.45. The molecule has 10 nitrogen and oxygen atoms in total. The van der Waals surface area contributed by atoms with Gasteiger partial charge in [-0.15, -0.1) is 0 Å². The number of nitrogens with zero attached hydrogens (tertiary/aromatic N) is 6. The minimum Gasteiger partial charge on any atom is -0.350 e. The summed E-state index contributed by atoms with van der Waals surface area (Å²) < 4.78 is 1.88. The summed E-state index contributed by atoms with van der Waals surface area (Å²) in [4.78, 5) is 39.1. The van der Waals surface area contributed by atoms with Crippen LogP contribution in [0.4, 0.5) is 11.6 Å². The van der Waals surface area contributed by atoms with Gasteiger partial charge in [0.2, 0.25) is 11.9 Å². The fourth-order valence-electron chi connectivity index (χ4n) is 5.68. The van der Waals surface area contributed by atoms with Gasteiger partial charge in [0.1, 0.15) is 5.69 Å². The molecule has 1 fully saturated rings. The van der Waals surface area contributed by atoms with Gasteiger partial charge in [0.15, 0.2) is 0 Å². The first-order chi connectivity index (χ1) is 22.4. The van der Waals surface area contributed by atoms with E-state index in [1.807, 2.05) is 77.1 Å². The SMILES string of the molecule is CN(C)C/C=C/C(=O)Nc1ccc(C(=O)N2CCCC[C@H](Nc3nccc(-c4c(-c5ccccc5)nn5ccccc45)n3)C2)cc1. The number of carbonyl (C=O) groups is 2. The second-order valence-electron chi connectivity index (χ2n) is 11.7. The Morgan fingerprint density at radius 3 is 2.59 bits per heavy atom. The highest BCUT2D eigenvalue weighted by atomic mass is 16.2. The van der Waals surface area contributed by atoms with Crippen molar-refractivity contribution in [3.63, 3.8) is 0 Å². The highest BCUT2D eigenvalue weighted by molar-refractivity contribution is 6.00. The number of likely N-dealkylation sites (N-methyl/N-ethyl adjacent to an activating group) is 1. The molecule has 0 unspecified atom stereocenters. The molecule has 5 aromatic rings. The quantitative estimate of drug-likeness (QED) is 0.208. The summed E-state index contributed by atoms with van der Waals surface area (Å²) in [5.41, 5.74) is 5.78. The molecule has 2 amide bonds. The van der Waals surface area contributed by atoms with Crippen LogP contribution in [0.25, 0.3) is 28.0 Å². The summed E-state index contributed by atoms with van der Waals surface area (Å²) in [5.74, 6) is 0.281. The van der Waals surface area contributed by atoms with Gasteiger partial charge in [0.25, 0.3) is 5.91 Å². The first kappa shape index (κ1) is 30.7. The summed E-state index contributed by atoms with van der Waals surface area (Å²) in [6.07, 6.45) is 9.83. The Bertz CT molecular complexity index is 1830. The zero-order chi connectivity index (χ0) is 31.9. The summed E-state index contributed by atoms with van der Waals surface area (Å²) >= 11 is 0. The average molecular weight is 615 g/mol. The normalized spacial score (nSPS) is 15.3. The van der Waals surface area contributed by atoms with E-state index < -0.39 is 0 Å².